The average molecular weight is 538 g/mol. The molecular weight excluding hydrogens is 506 g/mol. The second kappa shape index (κ2) is 12.7. The largest absolute Gasteiger partial charge is 0.494 e. The van der Waals surface area contributed by atoms with Gasteiger partial charge >= 0.3 is 0 Å². The molecule has 0 saturated carbocycles. The van der Waals surface area contributed by atoms with Crippen molar-refractivity contribution in [2.45, 2.75) is 29.8 Å². The van der Waals surface area contributed by atoms with E-state index >= 15 is 0 Å². The molecule has 1 amide bonds. The first-order chi connectivity index (χ1) is 18.4. The zero-order chi connectivity index (χ0) is 26.8. The van der Waals surface area contributed by atoms with E-state index in [1.54, 1.807) is 42.5 Å². The summed E-state index contributed by atoms with van der Waals surface area (Å²) in [4.78, 5) is 18.2. The van der Waals surface area contributed by atoms with Gasteiger partial charge in [-0.05, 0) is 48.4 Å². The maximum Gasteiger partial charge on any atom is 0.265 e. The van der Waals surface area contributed by atoms with E-state index in [0.717, 1.165) is 5.56 Å². The maximum atomic E-state index is 13.4. The second-order valence-electron chi connectivity index (χ2n) is 8.86. The van der Waals surface area contributed by atoms with Gasteiger partial charge in [-0.2, -0.15) is 0 Å². The van der Waals surface area contributed by atoms with E-state index in [9.17, 15) is 13.2 Å². The van der Waals surface area contributed by atoms with Crippen LogP contribution in [0.5, 0.6) is 5.75 Å². The highest BCUT2D eigenvalue weighted by Gasteiger charge is 2.45. The highest BCUT2D eigenvalue weighted by atomic mass is 32.2. The predicted molar refractivity (Wildman–Crippen MR) is 143 cm³/mol. The van der Waals surface area contributed by atoms with Crippen LogP contribution in [0.15, 0.2) is 94.8 Å². The fraction of sp³-hybridized carbons (Fsp3) is 0.286. The zero-order valence-corrected chi connectivity index (χ0v) is 21.7. The van der Waals surface area contributed by atoms with Crippen LogP contribution >= 0.6 is 0 Å². The number of carbonyl (C=O) groups is 1. The SMILES string of the molecule is O=C(NNCc1ccccc1)[C@]1(CCS(=O)(=O)c2ccccc2)COC(c2ccc(OCCCO)cc2)=N1. The van der Waals surface area contributed by atoms with E-state index in [1.165, 1.54) is 12.1 Å². The Morgan fingerprint density at radius 3 is 2.37 bits per heavy atom. The summed E-state index contributed by atoms with van der Waals surface area (Å²) in [5.74, 6) is 0.128. The van der Waals surface area contributed by atoms with Crippen LogP contribution in [0.3, 0.4) is 0 Å². The van der Waals surface area contributed by atoms with Gasteiger partial charge in [-0.3, -0.25) is 10.2 Å². The number of hydrogen-bond donors (Lipinski definition) is 3. The third-order valence-electron chi connectivity index (χ3n) is 6.08. The molecule has 200 valence electrons. The minimum absolute atomic E-state index is 0.0487. The Kier molecular flexibility index (Phi) is 9.11. The molecule has 0 radical (unpaired) electrons. The molecule has 3 aromatic carbocycles. The molecule has 1 aliphatic heterocycles. The van der Waals surface area contributed by atoms with Crippen molar-refractivity contribution < 1.29 is 27.8 Å². The first-order valence-corrected chi connectivity index (χ1v) is 14.0. The van der Waals surface area contributed by atoms with Crippen LogP contribution in [0.4, 0.5) is 0 Å². The standard InChI is InChI=1S/C28H31N3O6S/c32-17-7-18-36-24-14-12-23(13-15-24)26-30-28(21-37-26,16-19-38(34,35)25-10-5-2-6-11-25)27(33)31-29-20-22-8-3-1-4-9-22/h1-6,8-15,29,32H,7,16-21H2,(H,31,33)/t28-/m0/s1. The van der Waals surface area contributed by atoms with E-state index in [2.05, 4.69) is 15.8 Å². The Balaban J connectivity index is 1.51. The van der Waals surface area contributed by atoms with Gasteiger partial charge in [-0.15, -0.1) is 0 Å². The Hall–Kier alpha value is -3.73. The lowest BCUT2D eigenvalue weighted by molar-refractivity contribution is -0.127. The minimum Gasteiger partial charge on any atom is -0.494 e. The Bertz CT molecular complexity index is 1330. The van der Waals surface area contributed by atoms with Crippen LogP contribution in [0.2, 0.25) is 0 Å². The summed E-state index contributed by atoms with van der Waals surface area (Å²) < 4.78 is 37.4. The molecule has 0 aromatic heterocycles. The fourth-order valence-corrected chi connectivity index (χ4v) is 5.30. The number of hydrogen-bond acceptors (Lipinski definition) is 8. The number of sulfone groups is 1. The van der Waals surface area contributed by atoms with E-state index in [1.807, 2.05) is 30.3 Å². The zero-order valence-electron chi connectivity index (χ0n) is 20.9. The summed E-state index contributed by atoms with van der Waals surface area (Å²) in [5.41, 5.74) is 5.78. The molecule has 0 fully saturated rings. The molecule has 0 spiro atoms. The van der Waals surface area contributed by atoms with Gasteiger partial charge < -0.3 is 14.6 Å². The van der Waals surface area contributed by atoms with Crippen LogP contribution < -0.4 is 15.6 Å². The van der Waals surface area contributed by atoms with E-state index < -0.39 is 21.3 Å². The van der Waals surface area contributed by atoms with Crippen molar-refractivity contribution in [2.24, 2.45) is 4.99 Å². The summed E-state index contributed by atoms with van der Waals surface area (Å²) in [6, 6.07) is 24.7. The van der Waals surface area contributed by atoms with Crippen LogP contribution in [0, 0.1) is 0 Å². The summed E-state index contributed by atoms with van der Waals surface area (Å²) in [5, 5.41) is 8.91. The van der Waals surface area contributed by atoms with E-state index in [-0.39, 0.29) is 36.2 Å². The van der Waals surface area contributed by atoms with Gasteiger partial charge in [-0.25, -0.2) is 18.8 Å². The summed E-state index contributed by atoms with van der Waals surface area (Å²) in [6.45, 7) is 0.732. The van der Waals surface area contributed by atoms with Crippen LogP contribution in [0.1, 0.15) is 24.0 Å². The van der Waals surface area contributed by atoms with Crippen molar-refractivity contribution in [3.63, 3.8) is 0 Å². The molecule has 0 unspecified atom stereocenters. The molecule has 4 rings (SSSR count). The molecule has 1 heterocycles. The molecule has 0 saturated heterocycles. The average Bonchev–Trinajstić information content (AvgIpc) is 3.39. The molecule has 0 aliphatic carbocycles. The first kappa shape index (κ1) is 27.3. The number of rotatable bonds is 13. The quantitative estimate of drug-likeness (QED) is 0.226. The molecule has 0 bridgehead atoms. The normalized spacial score (nSPS) is 16.9. The number of ether oxygens (including phenoxy) is 2. The monoisotopic (exact) mass is 537 g/mol. The van der Waals surface area contributed by atoms with Crippen molar-refractivity contribution in [3.05, 3.63) is 96.1 Å². The van der Waals surface area contributed by atoms with Gasteiger partial charge in [-0.1, -0.05) is 48.5 Å². The van der Waals surface area contributed by atoms with Crippen molar-refractivity contribution in [2.75, 3.05) is 25.6 Å². The maximum absolute atomic E-state index is 13.4. The molecule has 1 atom stereocenters. The smallest absolute Gasteiger partial charge is 0.265 e. The number of nitrogens with zero attached hydrogens (tertiary/aromatic N) is 1. The molecule has 3 N–H and O–H groups in total. The van der Waals surface area contributed by atoms with Crippen molar-refractivity contribution in [1.82, 2.24) is 10.9 Å². The van der Waals surface area contributed by atoms with Gasteiger partial charge in [0.25, 0.3) is 5.91 Å². The first-order valence-electron chi connectivity index (χ1n) is 12.3. The summed E-state index contributed by atoms with van der Waals surface area (Å²) in [7, 11) is -3.64. The second-order valence-corrected chi connectivity index (χ2v) is 11.0. The number of hydrazine groups is 1. The van der Waals surface area contributed by atoms with Gasteiger partial charge in [0.05, 0.1) is 17.3 Å². The Morgan fingerprint density at radius 2 is 1.68 bits per heavy atom. The van der Waals surface area contributed by atoms with Gasteiger partial charge in [0.15, 0.2) is 15.4 Å². The number of benzene rings is 3. The topological polar surface area (TPSA) is 126 Å². The number of aliphatic hydroxyl groups excluding tert-OH is 1. The lowest BCUT2D eigenvalue weighted by atomic mass is 9.98. The lowest BCUT2D eigenvalue weighted by Gasteiger charge is -2.23. The number of carbonyl (C=O) groups excluding carboxylic acids is 1. The van der Waals surface area contributed by atoms with Crippen LogP contribution in [-0.4, -0.2) is 56.4 Å². The predicted octanol–water partition coefficient (Wildman–Crippen LogP) is 2.65. The van der Waals surface area contributed by atoms with Gasteiger partial charge in [0.2, 0.25) is 5.90 Å². The van der Waals surface area contributed by atoms with Gasteiger partial charge in [0.1, 0.15) is 12.4 Å². The van der Waals surface area contributed by atoms with Gasteiger partial charge in [0, 0.05) is 25.1 Å². The molecular formula is C28H31N3O6S. The fourth-order valence-electron chi connectivity index (χ4n) is 3.89. The van der Waals surface area contributed by atoms with Crippen molar-refractivity contribution >= 4 is 21.6 Å². The number of amides is 1. The molecule has 1 aliphatic rings. The summed E-state index contributed by atoms with van der Waals surface area (Å²) >= 11 is 0. The van der Waals surface area contributed by atoms with Crippen molar-refractivity contribution in [3.8, 4) is 5.75 Å². The lowest BCUT2D eigenvalue weighted by Crippen LogP contribution is -2.52. The third-order valence-corrected chi connectivity index (χ3v) is 7.81. The minimum atomic E-state index is -3.64. The molecule has 10 heteroatoms. The van der Waals surface area contributed by atoms with E-state index in [4.69, 9.17) is 14.6 Å². The number of aliphatic hydroxyl groups is 1. The van der Waals surface area contributed by atoms with Crippen molar-refractivity contribution in [1.29, 1.82) is 0 Å². The molecule has 38 heavy (non-hydrogen) atoms. The van der Waals surface area contributed by atoms with Crippen LogP contribution in [0.25, 0.3) is 0 Å². The number of nitrogens with one attached hydrogen (secondary N) is 2. The number of aliphatic imine (C=N–C) groups is 1. The Morgan fingerprint density at radius 1 is 1.00 bits per heavy atom. The third kappa shape index (κ3) is 6.97. The summed E-state index contributed by atoms with van der Waals surface area (Å²) in [6.07, 6.45) is 0.467. The highest BCUT2D eigenvalue weighted by molar-refractivity contribution is 7.91. The Labute approximate surface area is 222 Å². The van der Waals surface area contributed by atoms with E-state index in [0.29, 0.717) is 30.9 Å². The molecule has 3 aromatic rings. The van der Waals surface area contributed by atoms with Crippen LogP contribution in [-0.2, 0) is 25.9 Å². The molecule has 9 nitrogen and oxygen atoms in total. The highest BCUT2D eigenvalue weighted by Crippen LogP contribution is 2.28.